The highest BCUT2D eigenvalue weighted by molar-refractivity contribution is 7.89. The highest BCUT2D eigenvalue weighted by atomic mass is 32.2. The predicted molar refractivity (Wildman–Crippen MR) is 115 cm³/mol. The molecule has 0 bridgehead atoms. The zero-order valence-electron chi connectivity index (χ0n) is 16.9. The second kappa shape index (κ2) is 9.42. The van der Waals surface area contributed by atoms with Crippen LogP contribution < -0.4 is 14.8 Å². The van der Waals surface area contributed by atoms with Gasteiger partial charge in [0.1, 0.15) is 23.7 Å². The molecule has 2 N–H and O–H groups in total. The number of carbonyl (C=O) groups is 2. The van der Waals surface area contributed by atoms with E-state index in [4.69, 9.17) is 14.6 Å². The lowest BCUT2D eigenvalue weighted by Gasteiger charge is -2.18. The van der Waals surface area contributed by atoms with Crippen molar-refractivity contribution in [3.8, 4) is 5.75 Å². The highest BCUT2D eigenvalue weighted by Gasteiger charge is 2.22. The van der Waals surface area contributed by atoms with Gasteiger partial charge in [-0.3, -0.25) is 9.69 Å². The van der Waals surface area contributed by atoms with Gasteiger partial charge in [-0.2, -0.15) is 0 Å². The van der Waals surface area contributed by atoms with Crippen LogP contribution in [0.5, 0.6) is 5.75 Å². The summed E-state index contributed by atoms with van der Waals surface area (Å²) >= 11 is 1.07. The Labute approximate surface area is 187 Å². The Balaban J connectivity index is 1.80. The van der Waals surface area contributed by atoms with E-state index in [0.717, 1.165) is 22.3 Å². The number of sulfonamides is 1. The molecule has 0 aliphatic rings. The Morgan fingerprint density at radius 1 is 1.22 bits per heavy atom. The number of halogens is 1. The highest BCUT2D eigenvalue weighted by Crippen LogP contribution is 2.31. The standard InChI is InChI=1S/C20H18FN3O6S2/c1-12(25)24(17-6-4-3-5-16(17)21)20-23-13(11-31-20)10-30-19(26)15-9-14(32(22,27)28)7-8-18(15)29-2/h3-9,11H,10H2,1-2H3,(H2,22,27,28). The van der Waals surface area contributed by atoms with E-state index in [0.29, 0.717) is 5.69 Å². The van der Waals surface area contributed by atoms with Gasteiger partial charge in [0.15, 0.2) is 5.13 Å². The van der Waals surface area contributed by atoms with Crippen LogP contribution >= 0.6 is 11.3 Å². The normalized spacial score (nSPS) is 11.1. The zero-order chi connectivity index (χ0) is 23.5. The molecule has 3 rings (SSSR count). The number of benzene rings is 2. The third-order valence-electron chi connectivity index (χ3n) is 4.21. The van der Waals surface area contributed by atoms with Crippen molar-refractivity contribution in [3.05, 3.63) is 64.9 Å². The van der Waals surface area contributed by atoms with E-state index in [9.17, 15) is 22.4 Å². The Morgan fingerprint density at radius 2 is 1.94 bits per heavy atom. The molecule has 1 heterocycles. The SMILES string of the molecule is COc1ccc(S(N)(=O)=O)cc1C(=O)OCc1csc(N(C(C)=O)c2ccccc2F)n1. The van der Waals surface area contributed by atoms with E-state index in [1.807, 2.05) is 0 Å². The fourth-order valence-electron chi connectivity index (χ4n) is 2.75. The fourth-order valence-corrected chi connectivity index (χ4v) is 4.15. The summed E-state index contributed by atoms with van der Waals surface area (Å²) in [5, 5.41) is 6.86. The van der Waals surface area contributed by atoms with Crippen LogP contribution in [0.15, 0.2) is 52.7 Å². The summed E-state index contributed by atoms with van der Waals surface area (Å²) < 4.78 is 47.6. The second-order valence-corrected chi connectivity index (χ2v) is 8.81. The molecule has 0 radical (unpaired) electrons. The maximum absolute atomic E-state index is 14.2. The van der Waals surface area contributed by atoms with Crippen molar-refractivity contribution in [3.63, 3.8) is 0 Å². The van der Waals surface area contributed by atoms with Crippen LogP contribution in [-0.2, 0) is 26.2 Å². The lowest BCUT2D eigenvalue weighted by Crippen LogP contribution is -2.23. The van der Waals surface area contributed by atoms with E-state index in [1.54, 1.807) is 11.4 Å². The van der Waals surface area contributed by atoms with Crippen molar-refractivity contribution in [2.75, 3.05) is 12.0 Å². The molecule has 0 spiro atoms. The molecule has 0 unspecified atom stereocenters. The van der Waals surface area contributed by atoms with Gasteiger partial charge < -0.3 is 9.47 Å². The maximum Gasteiger partial charge on any atom is 0.342 e. The minimum absolute atomic E-state index is 0.0439. The van der Waals surface area contributed by atoms with Crippen molar-refractivity contribution in [1.82, 2.24) is 4.98 Å². The number of rotatable bonds is 7. The second-order valence-electron chi connectivity index (χ2n) is 6.41. The maximum atomic E-state index is 14.2. The summed E-state index contributed by atoms with van der Waals surface area (Å²) in [5.74, 6) is -1.80. The summed E-state index contributed by atoms with van der Waals surface area (Å²) in [7, 11) is -2.72. The van der Waals surface area contributed by atoms with Crippen LogP contribution in [0, 0.1) is 5.82 Å². The fraction of sp³-hybridized carbons (Fsp3) is 0.150. The summed E-state index contributed by atoms with van der Waals surface area (Å²) in [6, 6.07) is 9.32. The largest absolute Gasteiger partial charge is 0.496 e. The van der Waals surface area contributed by atoms with Gasteiger partial charge in [-0.05, 0) is 30.3 Å². The summed E-state index contributed by atoms with van der Waals surface area (Å²) in [6.45, 7) is 0.999. The Hall–Kier alpha value is -3.35. The lowest BCUT2D eigenvalue weighted by atomic mass is 10.2. The van der Waals surface area contributed by atoms with E-state index < -0.39 is 27.7 Å². The first-order valence-electron chi connectivity index (χ1n) is 8.99. The van der Waals surface area contributed by atoms with Gasteiger partial charge in [-0.1, -0.05) is 12.1 Å². The molecule has 12 heteroatoms. The average molecular weight is 480 g/mol. The first-order chi connectivity index (χ1) is 15.1. The predicted octanol–water partition coefficient (Wildman–Crippen LogP) is 2.98. The molecule has 168 valence electrons. The number of aromatic nitrogens is 1. The number of nitrogens with zero attached hydrogens (tertiary/aromatic N) is 2. The number of primary sulfonamides is 1. The van der Waals surface area contributed by atoms with Gasteiger partial charge in [0.2, 0.25) is 15.9 Å². The number of hydrogen-bond donors (Lipinski definition) is 1. The zero-order valence-corrected chi connectivity index (χ0v) is 18.6. The first-order valence-corrected chi connectivity index (χ1v) is 11.4. The molecule has 9 nitrogen and oxygen atoms in total. The molecule has 1 amide bonds. The topological polar surface area (TPSA) is 129 Å². The molecule has 0 aliphatic heterocycles. The van der Waals surface area contributed by atoms with Crippen LogP contribution in [0.1, 0.15) is 23.0 Å². The van der Waals surface area contributed by atoms with Crippen molar-refractivity contribution >= 4 is 44.1 Å². The van der Waals surface area contributed by atoms with Gasteiger partial charge in [0, 0.05) is 12.3 Å². The monoisotopic (exact) mass is 479 g/mol. The van der Waals surface area contributed by atoms with Crippen LogP contribution in [0.3, 0.4) is 0 Å². The average Bonchev–Trinajstić information content (AvgIpc) is 3.20. The van der Waals surface area contributed by atoms with Crippen molar-refractivity contribution in [2.45, 2.75) is 18.4 Å². The molecule has 1 aromatic heterocycles. The van der Waals surface area contributed by atoms with Crippen LogP contribution in [-0.4, -0.2) is 32.4 Å². The van der Waals surface area contributed by atoms with E-state index in [2.05, 4.69) is 4.98 Å². The minimum Gasteiger partial charge on any atom is -0.496 e. The van der Waals surface area contributed by atoms with Crippen molar-refractivity contribution < 1.29 is 31.9 Å². The van der Waals surface area contributed by atoms with Crippen LogP contribution in [0.25, 0.3) is 0 Å². The Bertz CT molecular complexity index is 1280. The Kier molecular flexibility index (Phi) is 6.87. The van der Waals surface area contributed by atoms with Gasteiger partial charge >= 0.3 is 5.97 Å². The number of hydrogen-bond acceptors (Lipinski definition) is 8. The lowest BCUT2D eigenvalue weighted by molar-refractivity contribution is -0.115. The van der Waals surface area contributed by atoms with Gasteiger partial charge in [-0.15, -0.1) is 11.3 Å². The van der Waals surface area contributed by atoms with Gasteiger partial charge in [0.25, 0.3) is 0 Å². The van der Waals surface area contributed by atoms with E-state index in [-0.39, 0.29) is 33.6 Å². The number of amides is 1. The number of anilines is 2. The third-order valence-corrected chi connectivity index (χ3v) is 6.00. The number of methoxy groups -OCH3 is 1. The van der Waals surface area contributed by atoms with E-state index >= 15 is 0 Å². The van der Waals surface area contributed by atoms with E-state index in [1.165, 1.54) is 44.4 Å². The summed E-state index contributed by atoms with van der Waals surface area (Å²) in [6.07, 6.45) is 0. The van der Waals surface area contributed by atoms with Crippen LogP contribution in [0.2, 0.25) is 0 Å². The molecule has 32 heavy (non-hydrogen) atoms. The molecule has 0 saturated heterocycles. The molecule has 0 saturated carbocycles. The molecule has 0 aliphatic carbocycles. The number of carbonyl (C=O) groups excluding carboxylic acids is 2. The molecular formula is C20H18FN3O6S2. The molecule has 3 aromatic rings. The molecule has 2 aromatic carbocycles. The third kappa shape index (κ3) is 5.10. The number of nitrogens with two attached hydrogens (primary N) is 1. The molecular weight excluding hydrogens is 461 g/mol. The van der Waals surface area contributed by atoms with Crippen LogP contribution in [0.4, 0.5) is 15.2 Å². The van der Waals surface area contributed by atoms with Gasteiger partial charge in [-0.25, -0.2) is 27.7 Å². The number of thiazole rings is 1. The quantitative estimate of drug-likeness (QED) is 0.516. The minimum atomic E-state index is -4.04. The van der Waals surface area contributed by atoms with Gasteiger partial charge in [0.05, 0.1) is 23.4 Å². The molecule has 0 fully saturated rings. The smallest absolute Gasteiger partial charge is 0.342 e. The summed E-state index contributed by atoms with van der Waals surface area (Å²) in [4.78, 5) is 29.7. The first kappa shape index (κ1) is 23.3. The molecule has 0 atom stereocenters. The number of ether oxygens (including phenoxy) is 2. The number of esters is 1. The summed E-state index contributed by atoms with van der Waals surface area (Å²) in [5.41, 5.74) is 0.219. The Morgan fingerprint density at radius 3 is 2.56 bits per heavy atom. The van der Waals surface area contributed by atoms with Crippen molar-refractivity contribution in [2.24, 2.45) is 5.14 Å². The number of para-hydroxylation sites is 1. The van der Waals surface area contributed by atoms with Crippen molar-refractivity contribution in [1.29, 1.82) is 0 Å².